The smallest absolute Gasteiger partial charge is 0.321 e. The van der Waals surface area contributed by atoms with Crippen LogP contribution in [-0.2, 0) is 14.3 Å². The first kappa shape index (κ1) is 19.4. The molecule has 3 fully saturated rings. The Hall–Kier alpha value is -0.690. The number of hydrogen-bond acceptors (Lipinski definition) is 5. The van der Waals surface area contributed by atoms with Crippen molar-refractivity contribution >= 4 is 24.2 Å². The van der Waals surface area contributed by atoms with Gasteiger partial charge in [0.1, 0.15) is 6.04 Å². The van der Waals surface area contributed by atoms with Crippen molar-refractivity contribution in [1.82, 2.24) is 9.80 Å². The van der Waals surface area contributed by atoms with E-state index in [0.29, 0.717) is 0 Å². The summed E-state index contributed by atoms with van der Waals surface area (Å²) in [5.41, 5.74) is -0.927. The van der Waals surface area contributed by atoms with Gasteiger partial charge >= 0.3 is 5.97 Å². The van der Waals surface area contributed by atoms with Crippen LogP contribution < -0.4 is 0 Å². The predicted molar refractivity (Wildman–Crippen MR) is 85.2 cm³/mol. The van der Waals surface area contributed by atoms with Crippen molar-refractivity contribution in [2.75, 3.05) is 33.9 Å². The van der Waals surface area contributed by atoms with Crippen LogP contribution in [0.1, 0.15) is 26.7 Å². The van der Waals surface area contributed by atoms with Crippen LogP contribution in [0.15, 0.2) is 0 Å². The Balaban J connectivity index is 0.00000242. The summed E-state index contributed by atoms with van der Waals surface area (Å²) >= 11 is 0. The third-order valence-corrected chi connectivity index (χ3v) is 5.01. The molecular formula is C15H27ClN2O4. The van der Waals surface area contributed by atoms with Crippen molar-refractivity contribution in [2.45, 2.75) is 38.4 Å². The van der Waals surface area contributed by atoms with Crippen LogP contribution in [-0.4, -0.2) is 72.2 Å². The minimum absolute atomic E-state index is 0. The molecule has 0 aliphatic carbocycles. The molecule has 0 radical (unpaired) electrons. The fourth-order valence-corrected chi connectivity index (χ4v) is 3.98. The van der Waals surface area contributed by atoms with E-state index in [9.17, 15) is 14.7 Å². The second-order valence-electron chi connectivity index (χ2n) is 6.51. The second kappa shape index (κ2) is 7.25. The molecule has 7 heteroatoms. The predicted octanol–water partition coefficient (Wildman–Crippen LogP) is 1.09. The number of piperidine rings is 3. The lowest BCUT2D eigenvalue weighted by Crippen LogP contribution is -2.76. The molecule has 0 spiro atoms. The first-order valence-corrected chi connectivity index (χ1v) is 7.60. The summed E-state index contributed by atoms with van der Waals surface area (Å²) in [5, 5.41) is 9.57. The number of rotatable bonds is 6. The molecule has 0 saturated carbocycles. The largest absolute Gasteiger partial charge is 0.480 e. The Morgan fingerprint density at radius 2 is 2.00 bits per heavy atom. The standard InChI is InChI=1S/C15H26N2O4.ClH/c1-10(2)12(14(19)20)16(3)15(9-21-4)13(18)11-5-7-17(15)8-6-11;/h10-12H,5-9H2,1-4H3,(H,19,20);1H. The molecule has 0 amide bonds. The summed E-state index contributed by atoms with van der Waals surface area (Å²) in [4.78, 5) is 28.4. The van der Waals surface area contributed by atoms with Crippen molar-refractivity contribution in [2.24, 2.45) is 11.8 Å². The summed E-state index contributed by atoms with van der Waals surface area (Å²) in [6, 6.07) is -0.705. The molecule has 1 N–H and O–H groups in total. The molecular weight excluding hydrogens is 308 g/mol. The Morgan fingerprint density at radius 3 is 2.36 bits per heavy atom. The van der Waals surface area contributed by atoms with E-state index in [0.717, 1.165) is 25.9 Å². The first-order valence-electron chi connectivity index (χ1n) is 7.60. The maximum Gasteiger partial charge on any atom is 0.321 e. The first-order chi connectivity index (χ1) is 9.86. The number of ketones is 1. The Kier molecular flexibility index (Phi) is 6.38. The molecule has 3 aliphatic rings. The van der Waals surface area contributed by atoms with E-state index < -0.39 is 17.7 Å². The van der Waals surface area contributed by atoms with Crippen LogP contribution in [0.3, 0.4) is 0 Å². The van der Waals surface area contributed by atoms with Gasteiger partial charge in [-0.15, -0.1) is 12.4 Å². The van der Waals surface area contributed by atoms with Gasteiger partial charge in [-0.1, -0.05) is 13.8 Å². The maximum absolute atomic E-state index is 12.9. The SMILES string of the molecule is COCC1(N(C)C(C(=O)O)C(C)C)C(=O)C2CCN1CC2.Cl. The molecule has 6 nitrogen and oxygen atoms in total. The van der Waals surface area contributed by atoms with Gasteiger partial charge in [-0.25, -0.2) is 0 Å². The average Bonchev–Trinajstić information content (AvgIpc) is 2.42. The van der Waals surface area contributed by atoms with Crippen LogP contribution in [0, 0.1) is 11.8 Å². The van der Waals surface area contributed by atoms with Crippen LogP contribution >= 0.6 is 12.4 Å². The number of aliphatic carboxylic acids is 1. The van der Waals surface area contributed by atoms with Crippen LogP contribution in [0.25, 0.3) is 0 Å². The Bertz CT molecular complexity index is 424. The summed E-state index contributed by atoms with van der Waals surface area (Å²) < 4.78 is 5.34. The normalized spacial score (nSPS) is 32.2. The monoisotopic (exact) mass is 334 g/mol. The molecule has 3 saturated heterocycles. The topological polar surface area (TPSA) is 70.1 Å². The Morgan fingerprint density at radius 1 is 1.45 bits per heavy atom. The molecule has 3 aliphatic heterocycles. The van der Waals surface area contributed by atoms with Crippen LogP contribution in [0.4, 0.5) is 0 Å². The van der Waals surface area contributed by atoms with Gasteiger partial charge in [0.05, 0.1) is 6.61 Å². The number of carboxylic acids is 1. The van der Waals surface area contributed by atoms with Gasteiger partial charge in [-0.05, 0) is 25.8 Å². The maximum atomic E-state index is 12.9. The van der Waals surface area contributed by atoms with E-state index in [1.807, 2.05) is 13.8 Å². The quantitative estimate of drug-likeness (QED) is 0.784. The second-order valence-corrected chi connectivity index (χ2v) is 6.51. The third kappa shape index (κ3) is 2.89. The molecule has 3 rings (SSSR count). The minimum atomic E-state index is -0.927. The van der Waals surface area contributed by atoms with E-state index in [4.69, 9.17) is 4.74 Å². The highest BCUT2D eigenvalue weighted by atomic mass is 35.5. The number of nitrogens with zero attached hydrogens (tertiary/aromatic N) is 2. The van der Waals surface area contributed by atoms with Crippen molar-refractivity contribution in [3.8, 4) is 0 Å². The molecule has 2 atom stereocenters. The summed E-state index contributed by atoms with van der Waals surface area (Å²) in [6.45, 7) is 5.62. The van der Waals surface area contributed by atoms with Crippen molar-refractivity contribution in [3.63, 3.8) is 0 Å². The highest BCUT2D eigenvalue weighted by molar-refractivity contribution is 5.92. The number of halogens is 1. The summed E-state index contributed by atoms with van der Waals surface area (Å²) in [6.07, 6.45) is 1.75. The van der Waals surface area contributed by atoms with E-state index in [1.165, 1.54) is 0 Å². The number of carbonyl (C=O) groups excluding carboxylic acids is 1. The highest BCUT2D eigenvalue weighted by Gasteiger charge is 2.57. The van der Waals surface area contributed by atoms with Gasteiger partial charge in [-0.3, -0.25) is 19.4 Å². The summed E-state index contributed by atoms with van der Waals surface area (Å²) in [5.74, 6) is -0.820. The number of ether oxygens (including phenoxy) is 1. The molecule has 2 bridgehead atoms. The van der Waals surface area contributed by atoms with E-state index >= 15 is 0 Å². The molecule has 0 aromatic heterocycles. The van der Waals surface area contributed by atoms with Gasteiger partial charge in [0.2, 0.25) is 0 Å². The molecule has 3 heterocycles. The van der Waals surface area contributed by atoms with Gasteiger partial charge in [0.15, 0.2) is 11.4 Å². The molecule has 128 valence electrons. The van der Waals surface area contributed by atoms with Gasteiger partial charge in [0, 0.05) is 26.1 Å². The van der Waals surface area contributed by atoms with Gasteiger partial charge in [-0.2, -0.15) is 0 Å². The number of likely N-dealkylation sites (N-methyl/N-ethyl adjacent to an activating group) is 1. The lowest BCUT2D eigenvalue weighted by molar-refractivity contribution is -0.188. The lowest BCUT2D eigenvalue weighted by Gasteiger charge is -2.57. The van der Waals surface area contributed by atoms with E-state index in [2.05, 4.69) is 4.90 Å². The number of fused-ring (bicyclic) bond motifs is 3. The fourth-order valence-electron chi connectivity index (χ4n) is 3.98. The molecule has 22 heavy (non-hydrogen) atoms. The zero-order valence-electron chi connectivity index (χ0n) is 13.7. The number of methoxy groups -OCH3 is 1. The lowest BCUT2D eigenvalue weighted by atomic mass is 9.76. The number of carboxylic acid groups (broad SMARTS) is 1. The number of hydrogen-bond donors (Lipinski definition) is 1. The summed E-state index contributed by atoms with van der Waals surface area (Å²) in [7, 11) is 3.31. The van der Waals surface area contributed by atoms with Gasteiger partial charge < -0.3 is 9.84 Å². The Labute approximate surface area is 138 Å². The third-order valence-electron chi connectivity index (χ3n) is 5.01. The zero-order valence-corrected chi connectivity index (χ0v) is 14.6. The van der Waals surface area contributed by atoms with E-state index in [-0.39, 0.29) is 36.6 Å². The minimum Gasteiger partial charge on any atom is -0.480 e. The fraction of sp³-hybridized carbons (Fsp3) is 0.867. The van der Waals surface area contributed by atoms with Crippen LogP contribution in [0.5, 0.6) is 0 Å². The number of Topliss-reactive ketones (excluding diaryl/α,β-unsaturated/α-hetero) is 1. The zero-order chi connectivity index (χ0) is 15.8. The van der Waals surface area contributed by atoms with Crippen molar-refractivity contribution in [3.05, 3.63) is 0 Å². The van der Waals surface area contributed by atoms with E-state index in [1.54, 1.807) is 19.1 Å². The molecule has 0 aromatic rings. The average molecular weight is 335 g/mol. The molecule has 2 unspecified atom stereocenters. The highest BCUT2D eigenvalue weighted by Crippen LogP contribution is 2.39. The van der Waals surface area contributed by atoms with Gasteiger partial charge in [0.25, 0.3) is 0 Å². The van der Waals surface area contributed by atoms with Crippen molar-refractivity contribution < 1.29 is 19.4 Å². The number of carbonyl (C=O) groups is 2. The van der Waals surface area contributed by atoms with Crippen molar-refractivity contribution in [1.29, 1.82) is 0 Å². The van der Waals surface area contributed by atoms with Crippen LogP contribution in [0.2, 0.25) is 0 Å². The molecule has 0 aromatic carbocycles.